The van der Waals surface area contributed by atoms with Gasteiger partial charge in [-0.05, 0) is 60.4 Å². The van der Waals surface area contributed by atoms with Crippen LogP contribution < -0.4 is 10.5 Å². The van der Waals surface area contributed by atoms with Crippen molar-refractivity contribution in [1.29, 1.82) is 0 Å². The van der Waals surface area contributed by atoms with Crippen molar-refractivity contribution >= 4 is 29.3 Å². The van der Waals surface area contributed by atoms with Gasteiger partial charge in [-0.25, -0.2) is 0 Å². The molecule has 0 aliphatic heterocycles. The molecule has 0 spiro atoms. The van der Waals surface area contributed by atoms with Crippen molar-refractivity contribution in [3.8, 4) is 11.5 Å². The molecular formula is C19H18ClNO4. The average Bonchev–Trinajstić information content (AvgIpc) is 3.02. The van der Waals surface area contributed by atoms with Crippen LogP contribution >= 0.6 is 12.4 Å². The van der Waals surface area contributed by atoms with Gasteiger partial charge < -0.3 is 20.0 Å². The molecule has 0 amide bonds. The number of rotatable bonds is 3. The highest BCUT2D eigenvalue weighted by molar-refractivity contribution is 5.85. The Morgan fingerprint density at radius 1 is 1.12 bits per heavy atom. The van der Waals surface area contributed by atoms with E-state index in [9.17, 15) is 9.90 Å². The molecule has 0 fully saturated rings. The topological polar surface area (TPSA) is 85.7 Å². The standard InChI is InChI=1S/C19H17NO4.ClH/c20-19(18(21)22)7-5-12-1-2-15(10-14(12)11-19)24-16-3-4-17-13(9-16)6-8-23-17;/h1-4,6,8-10H,5,7,11,20H2,(H,21,22);1H. The third-order valence-electron chi connectivity index (χ3n) is 4.61. The fourth-order valence-electron chi connectivity index (χ4n) is 3.19. The van der Waals surface area contributed by atoms with Gasteiger partial charge in [-0.2, -0.15) is 0 Å². The largest absolute Gasteiger partial charge is 0.480 e. The summed E-state index contributed by atoms with van der Waals surface area (Å²) in [5.74, 6) is 0.424. The van der Waals surface area contributed by atoms with Crippen molar-refractivity contribution in [2.45, 2.75) is 24.8 Å². The van der Waals surface area contributed by atoms with Crippen molar-refractivity contribution in [1.82, 2.24) is 0 Å². The second kappa shape index (κ2) is 6.43. The summed E-state index contributed by atoms with van der Waals surface area (Å²) < 4.78 is 11.2. The predicted octanol–water partition coefficient (Wildman–Crippen LogP) is 3.92. The number of hydrogen-bond donors (Lipinski definition) is 2. The fourth-order valence-corrected chi connectivity index (χ4v) is 3.19. The Bertz CT molecular complexity index is 936. The molecule has 1 aliphatic carbocycles. The number of nitrogens with two attached hydrogens (primary N) is 1. The minimum atomic E-state index is -1.19. The summed E-state index contributed by atoms with van der Waals surface area (Å²) >= 11 is 0. The quantitative estimate of drug-likeness (QED) is 0.740. The van der Waals surface area contributed by atoms with E-state index in [1.54, 1.807) is 6.26 Å². The molecule has 1 aliphatic rings. The molecule has 0 radical (unpaired) electrons. The number of carboxylic acids is 1. The highest BCUT2D eigenvalue weighted by atomic mass is 35.5. The molecule has 6 heteroatoms. The lowest BCUT2D eigenvalue weighted by molar-refractivity contribution is -0.143. The zero-order valence-corrected chi connectivity index (χ0v) is 14.2. The Morgan fingerprint density at radius 2 is 1.88 bits per heavy atom. The minimum Gasteiger partial charge on any atom is -0.480 e. The Hall–Kier alpha value is -2.50. The molecule has 0 bridgehead atoms. The van der Waals surface area contributed by atoms with E-state index in [1.165, 1.54) is 0 Å². The molecule has 1 atom stereocenters. The number of aryl methyl sites for hydroxylation is 1. The van der Waals surface area contributed by atoms with Crippen LogP contribution in [-0.2, 0) is 17.6 Å². The zero-order valence-electron chi connectivity index (χ0n) is 13.4. The van der Waals surface area contributed by atoms with Gasteiger partial charge in [-0.1, -0.05) is 6.07 Å². The van der Waals surface area contributed by atoms with Crippen LogP contribution in [0.2, 0.25) is 0 Å². The van der Waals surface area contributed by atoms with Crippen LogP contribution in [0.3, 0.4) is 0 Å². The minimum absolute atomic E-state index is 0. The van der Waals surface area contributed by atoms with Crippen molar-refractivity contribution in [2.75, 3.05) is 0 Å². The third kappa shape index (κ3) is 3.21. The highest BCUT2D eigenvalue weighted by Gasteiger charge is 2.37. The van der Waals surface area contributed by atoms with Crippen LogP contribution in [0.15, 0.2) is 53.1 Å². The lowest BCUT2D eigenvalue weighted by Crippen LogP contribution is -2.52. The van der Waals surface area contributed by atoms with Crippen LogP contribution in [0.1, 0.15) is 17.5 Å². The van der Waals surface area contributed by atoms with Crippen molar-refractivity contribution in [3.63, 3.8) is 0 Å². The van der Waals surface area contributed by atoms with E-state index in [0.717, 1.165) is 22.1 Å². The first-order valence-electron chi connectivity index (χ1n) is 7.83. The van der Waals surface area contributed by atoms with Crippen LogP contribution in [0.4, 0.5) is 0 Å². The Labute approximate surface area is 150 Å². The van der Waals surface area contributed by atoms with Crippen LogP contribution in [0, 0.1) is 0 Å². The van der Waals surface area contributed by atoms with E-state index >= 15 is 0 Å². The van der Waals surface area contributed by atoms with Gasteiger partial charge in [0.2, 0.25) is 0 Å². The lowest BCUT2D eigenvalue weighted by atomic mass is 9.78. The first-order valence-corrected chi connectivity index (χ1v) is 7.83. The predicted molar refractivity (Wildman–Crippen MR) is 96.6 cm³/mol. The number of carboxylic acid groups (broad SMARTS) is 1. The number of fused-ring (bicyclic) bond motifs is 2. The lowest BCUT2D eigenvalue weighted by Gasteiger charge is -2.30. The number of aliphatic carboxylic acids is 1. The first kappa shape index (κ1) is 17.3. The zero-order chi connectivity index (χ0) is 16.7. The molecule has 3 N–H and O–H groups in total. The summed E-state index contributed by atoms with van der Waals surface area (Å²) in [5, 5.41) is 10.3. The molecule has 4 rings (SSSR count). The van der Waals surface area contributed by atoms with E-state index in [-0.39, 0.29) is 12.4 Å². The van der Waals surface area contributed by atoms with E-state index in [2.05, 4.69) is 0 Å². The normalized spacial score (nSPS) is 19.1. The van der Waals surface area contributed by atoms with Crippen LogP contribution in [0.25, 0.3) is 11.0 Å². The molecular weight excluding hydrogens is 342 g/mol. The van der Waals surface area contributed by atoms with Crippen LogP contribution in [0.5, 0.6) is 11.5 Å². The second-order valence-electron chi connectivity index (χ2n) is 6.29. The third-order valence-corrected chi connectivity index (χ3v) is 4.61. The maximum Gasteiger partial charge on any atom is 0.324 e. The van der Waals surface area contributed by atoms with Gasteiger partial charge in [-0.3, -0.25) is 4.79 Å². The number of benzene rings is 2. The molecule has 0 saturated heterocycles. The molecule has 1 aromatic heterocycles. The van der Waals surface area contributed by atoms with Gasteiger partial charge in [-0.15, -0.1) is 12.4 Å². The van der Waals surface area contributed by atoms with E-state index < -0.39 is 11.5 Å². The molecule has 0 saturated carbocycles. The summed E-state index contributed by atoms with van der Waals surface area (Å²) in [4.78, 5) is 11.4. The number of hydrogen-bond acceptors (Lipinski definition) is 4. The van der Waals surface area contributed by atoms with Crippen molar-refractivity contribution in [2.24, 2.45) is 5.73 Å². The second-order valence-corrected chi connectivity index (χ2v) is 6.29. The summed E-state index contributed by atoms with van der Waals surface area (Å²) in [6.45, 7) is 0. The Balaban J connectivity index is 0.00000182. The maximum absolute atomic E-state index is 11.4. The monoisotopic (exact) mass is 359 g/mol. The van der Waals surface area contributed by atoms with Gasteiger partial charge in [0.1, 0.15) is 22.6 Å². The number of furan rings is 1. The van der Waals surface area contributed by atoms with Gasteiger partial charge in [0.05, 0.1) is 6.26 Å². The van der Waals surface area contributed by atoms with Gasteiger partial charge in [0.15, 0.2) is 0 Å². The molecule has 2 aromatic carbocycles. The maximum atomic E-state index is 11.4. The van der Waals surface area contributed by atoms with Crippen molar-refractivity contribution < 1.29 is 19.1 Å². The smallest absolute Gasteiger partial charge is 0.324 e. The summed E-state index contributed by atoms with van der Waals surface area (Å²) in [6.07, 6.45) is 3.07. The van der Waals surface area contributed by atoms with E-state index in [0.29, 0.717) is 30.8 Å². The fraction of sp³-hybridized carbons (Fsp3) is 0.211. The van der Waals surface area contributed by atoms with E-state index in [4.69, 9.17) is 14.9 Å². The van der Waals surface area contributed by atoms with Crippen molar-refractivity contribution in [3.05, 3.63) is 59.9 Å². The van der Waals surface area contributed by atoms with E-state index in [1.807, 2.05) is 42.5 Å². The van der Waals surface area contributed by atoms with Gasteiger partial charge >= 0.3 is 5.97 Å². The van der Waals surface area contributed by atoms with Gasteiger partial charge in [0, 0.05) is 11.8 Å². The molecule has 25 heavy (non-hydrogen) atoms. The molecule has 3 aromatic rings. The summed E-state index contributed by atoms with van der Waals surface area (Å²) in [5.41, 5.74) is 7.71. The SMILES string of the molecule is Cl.NC1(C(=O)O)CCc2ccc(Oc3ccc4occc4c3)cc2C1. The molecule has 1 heterocycles. The summed E-state index contributed by atoms with van der Waals surface area (Å²) in [7, 11) is 0. The molecule has 1 unspecified atom stereocenters. The average molecular weight is 360 g/mol. The van der Waals surface area contributed by atoms with Crippen LogP contribution in [-0.4, -0.2) is 16.6 Å². The first-order chi connectivity index (χ1) is 11.5. The molecule has 5 nitrogen and oxygen atoms in total. The molecule has 130 valence electrons. The summed E-state index contributed by atoms with van der Waals surface area (Å²) in [6, 6.07) is 13.3. The van der Waals surface area contributed by atoms with Gasteiger partial charge in [0.25, 0.3) is 0 Å². The highest BCUT2D eigenvalue weighted by Crippen LogP contribution is 2.32. The number of halogens is 1. The number of ether oxygens (including phenoxy) is 1. The Kier molecular flexibility index (Phi) is 4.45. The number of carbonyl (C=O) groups is 1. The Morgan fingerprint density at radius 3 is 2.68 bits per heavy atom.